The molecule has 1 nitrogen and oxygen atoms in total. The van der Waals surface area contributed by atoms with Gasteiger partial charge in [0.15, 0.2) is 0 Å². The van der Waals surface area contributed by atoms with Crippen LogP contribution >= 0.6 is 56.8 Å². The molecule has 0 radical (unpaired) electrons. The first-order valence-corrected chi connectivity index (χ1v) is 11.1. The number of aryl methyl sites for hydroxylation is 2. The van der Waals surface area contributed by atoms with Gasteiger partial charge in [-0.1, -0.05) is 54.1 Å². The lowest BCUT2D eigenvalue weighted by Crippen LogP contribution is -1.99. The van der Waals surface area contributed by atoms with Crippen molar-refractivity contribution in [3.8, 4) is 22.4 Å². The average molecular weight is 596 g/mol. The molecule has 4 heteroatoms. The molecule has 0 unspecified atom stereocenters. The summed E-state index contributed by atoms with van der Waals surface area (Å²) >= 11 is 11.0. The second-order valence-electron chi connectivity index (χ2n) is 6.55. The second-order valence-corrected chi connectivity index (χ2v) is 9.14. The fourth-order valence-corrected chi connectivity index (χ4v) is 4.98. The third-order valence-corrected chi connectivity index (χ3v) is 7.71. The van der Waals surface area contributed by atoms with E-state index in [1.807, 2.05) is 24.3 Å². The van der Waals surface area contributed by atoms with Crippen molar-refractivity contribution in [3.63, 3.8) is 0 Å². The molecule has 4 rings (SSSR count). The zero-order valence-electron chi connectivity index (χ0n) is 14.9. The number of halogens is 3. The molecule has 0 saturated carbocycles. The van der Waals surface area contributed by atoms with E-state index >= 15 is 0 Å². The molecule has 1 aromatic heterocycles. The van der Waals surface area contributed by atoms with Crippen LogP contribution in [0.1, 0.15) is 11.1 Å². The molecule has 4 aromatic rings. The van der Waals surface area contributed by atoms with Crippen molar-refractivity contribution in [1.82, 2.24) is 4.98 Å². The first kappa shape index (κ1) is 19.2. The van der Waals surface area contributed by atoms with Crippen LogP contribution in [-0.4, -0.2) is 4.98 Å². The van der Waals surface area contributed by atoms with Gasteiger partial charge in [-0.05, 0) is 93.9 Å². The van der Waals surface area contributed by atoms with Crippen LogP contribution in [0.5, 0.6) is 0 Å². The lowest BCUT2D eigenvalue weighted by molar-refractivity contribution is 1.32. The standard InChI is InChI=1S/C23H16ClI2N/c1-13-12-18-19(14(2)21(13)25)20(15-6-4-3-5-7-15)22(26)23(27-18)16-8-10-17(24)11-9-16/h3-12H,1-2H3. The molecule has 134 valence electrons. The van der Waals surface area contributed by atoms with Crippen LogP contribution in [0.4, 0.5) is 0 Å². The molecule has 3 aromatic carbocycles. The Hall–Kier alpha value is -1.18. The number of aromatic nitrogens is 1. The third-order valence-electron chi connectivity index (χ3n) is 4.75. The molecular weight excluding hydrogens is 580 g/mol. The maximum Gasteiger partial charge on any atom is 0.0849 e. The SMILES string of the molecule is Cc1cc2nc(-c3ccc(Cl)cc3)c(I)c(-c3ccccc3)c2c(C)c1I. The van der Waals surface area contributed by atoms with Gasteiger partial charge >= 0.3 is 0 Å². The summed E-state index contributed by atoms with van der Waals surface area (Å²) in [5.41, 5.74) is 8.13. The minimum absolute atomic E-state index is 0.735. The van der Waals surface area contributed by atoms with Crippen LogP contribution in [-0.2, 0) is 0 Å². The molecule has 0 amide bonds. The van der Waals surface area contributed by atoms with Gasteiger partial charge in [0.2, 0.25) is 0 Å². The molecule has 0 spiro atoms. The third kappa shape index (κ3) is 3.49. The van der Waals surface area contributed by atoms with Crippen LogP contribution in [0.3, 0.4) is 0 Å². The largest absolute Gasteiger partial charge is 0.247 e. The smallest absolute Gasteiger partial charge is 0.0849 e. The number of benzene rings is 3. The van der Waals surface area contributed by atoms with Crippen molar-refractivity contribution < 1.29 is 0 Å². The minimum atomic E-state index is 0.735. The van der Waals surface area contributed by atoms with E-state index in [1.54, 1.807) is 0 Å². The van der Waals surface area contributed by atoms with Crippen molar-refractivity contribution >= 4 is 67.7 Å². The molecule has 1 heterocycles. The van der Waals surface area contributed by atoms with E-state index < -0.39 is 0 Å². The summed E-state index contributed by atoms with van der Waals surface area (Å²) in [6, 6.07) is 20.7. The van der Waals surface area contributed by atoms with Gasteiger partial charge in [-0.3, -0.25) is 0 Å². The molecule has 0 N–H and O–H groups in total. The van der Waals surface area contributed by atoms with E-state index in [1.165, 1.54) is 31.2 Å². The monoisotopic (exact) mass is 595 g/mol. The Morgan fingerprint density at radius 1 is 0.815 bits per heavy atom. The average Bonchev–Trinajstić information content (AvgIpc) is 2.68. The molecule has 27 heavy (non-hydrogen) atoms. The zero-order chi connectivity index (χ0) is 19.1. The molecule has 0 aliphatic rings. The highest BCUT2D eigenvalue weighted by Gasteiger charge is 2.19. The zero-order valence-corrected chi connectivity index (χ0v) is 19.9. The highest BCUT2D eigenvalue weighted by atomic mass is 127. The molecule has 0 bridgehead atoms. The Balaban J connectivity index is 2.15. The molecular formula is C23H16ClI2N. The topological polar surface area (TPSA) is 12.9 Å². The Morgan fingerprint density at radius 3 is 2.15 bits per heavy atom. The summed E-state index contributed by atoms with van der Waals surface area (Å²) in [5.74, 6) is 0. The maximum atomic E-state index is 6.10. The van der Waals surface area contributed by atoms with Crippen molar-refractivity contribution in [2.24, 2.45) is 0 Å². The van der Waals surface area contributed by atoms with Crippen LogP contribution in [0.25, 0.3) is 33.3 Å². The van der Waals surface area contributed by atoms with Gasteiger partial charge in [-0.15, -0.1) is 0 Å². The van der Waals surface area contributed by atoms with E-state index in [9.17, 15) is 0 Å². The van der Waals surface area contributed by atoms with E-state index in [0.29, 0.717) is 0 Å². The number of hydrogen-bond acceptors (Lipinski definition) is 1. The summed E-state index contributed by atoms with van der Waals surface area (Å²) in [5, 5.41) is 1.97. The van der Waals surface area contributed by atoms with Crippen LogP contribution in [0.15, 0.2) is 60.7 Å². The predicted octanol–water partition coefficient (Wildman–Crippen LogP) is 8.05. The summed E-state index contributed by atoms with van der Waals surface area (Å²) in [7, 11) is 0. The number of fused-ring (bicyclic) bond motifs is 1. The summed E-state index contributed by atoms with van der Waals surface area (Å²) in [4.78, 5) is 5.07. The van der Waals surface area contributed by atoms with Crippen LogP contribution in [0.2, 0.25) is 5.02 Å². The minimum Gasteiger partial charge on any atom is -0.247 e. The van der Waals surface area contributed by atoms with Crippen molar-refractivity contribution in [2.75, 3.05) is 0 Å². The van der Waals surface area contributed by atoms with E-state index in [0.717, 1.165) is 25.4 Å². The fraction of sp³-hybridized carbons (Fsp3) is 0.0870. The molecule has 0 aliphatic carbocycles. The Labute approximate surface area is 191 Å². The first-order chi connectivity index (χ1) is 13.0. The van der Waals surface area contributed by atoms with Crippen molar-refractivity contribution in [1.29, 1.82) is 0 Å². The Morgan fingerprint density at radius 2 is 1.48 bits per heavy atom. The van der Waals surface area contributed by atoms with Gasteiger partial charge in [0, 0.05) is 28.7 Å². The van der Waals surface area contributed by atoms with Crippen molar-refractivity contribution in [2.45, 2.75) is 13.8 Å². The first-order valence-electron chi connectivity index (χ1n) is 8.57. The highest BCUT2D eigenvalue weighted by Crippen LogP contribution is 2.40. The number of hydrogen-bond donors (Lipinski definition) is 0. The lowest BCUT2D eigenvalue weighted by atomic mass is 9.94. The van der Waals surface area contributed by atoms with Crippen molar-refractivity contribution in [3.05, 3.63) is 84.0 Å². The van der Waals surface area contributed by atoms with Gasteiger partial charge in [0.25, 0.3) is 0 Å². The van der Waals surface area contributed by atoms with Gasteiger partial charge in [0.05, 0.1) is 11.2 Å². The quantitative estimate of drug-likeness (QED) is 0.214. The number of rotatable bonds is 2. The Bertz CT molecular complexity index is 1150. The number of nitrogens with zero attached hydrogens (tertiary/aromatic N) is 1. The number of pyridine rings is 1. The summed E-state index contributed by atoms with van der Waals surface area (Å²) in [6.07, 6.45) is 0. The summed E-state index contributed by atoms with van der Waals surface area (Å²) < 4.78 is 2.46. The van der Waals surface area contributed by atoms with Crippen LogP contribution in [0, 0.1) is 21.0 Å². The van der Waals surface area contributed by atoms with Gasteiger partial charge in [0.1, 0.15) is 0 Å². The maximum absolute atomic E-state index is 6.10. The molecule has 0 atom stereocenters. The molecule has 0 aliphatic heterocycles. The van der Waals surface area contributed by atoms with Gasteiger partial charge < -0.3 is 0 Å². The highest BCUT2D eigenvalue weighted by molar-refractivity contribution is 14.1. The molecule has 0 fully saturated rings. The van der Waals surface area contributed by atoms with E-state index in [-0.39, 0.29) is 0 Å². The van der Waals surface area contributed by atoms with E-state index in [4.69, 9.17) is 16.6 Å². The normalized spacial score (nSPS) is 11.1. The fourth-order valence-electron chi connectivity index (χ4n) is 3.41. The predicted molar refractivity (Wildman–Crippen MR) is 133 cm³/mol. The Kier molecular flexibility index (Phi) is 5.45. The van der Waals surface area contributed by atoms with Crippen LogP contribution < -0.4 is 0 Å². The second kappa shape index (κ2) is 7.68. The lowest BCUT2D eigenvalue weighted by Gasteiger charge is -2.17. The van der Waals surface area contributed by atoms with Gasteiger partial charge in [-0.2, -0.15) is 0 Å². The van der Waals surface area contributed by atoms with E-state index in [2.05, 4.69) is 95.4 Å². The molecule has 0 saturated heterocycles. The van der Waals surface area contributed by atoms with Gasteiger partial charge in [-0.25, -0.2) is 4.98 Å². The summed E-state index contributed by atoms with van der Waals surface area (Å²) in [6.45, 7) is 4.35.